The van der Waals surface area contributed by atoms with Crippen LogP contribution in [0.3, 0.4) is 0 Å². The highest BCUT2D eigenvalue weighted by Crippen LogP contribution is 2.17. The average Bonchev–Trinajstić information content (AvgIpc) is 2.91. The summed E-state index contributed by atoms with van der Waals surface area (Å²) >= 11 is 6.01. The van der Waals surface area contributed by atoms with Crippen LogP contribution in [0.15, 0.2) is 33.8 Å². The van der Waals surface area contributed by atoms with Gasteiger partial charge in [-0.2, -0.15) is 5.10 Å². The summed E-state index contributed by atoms with van der Waals surface area (Å²) in [6.45, 7) is 2.04. The number of terminal acetylenes is 1. The standard InChI is InChI=1S/C14H14ClN3O2/c1-3-6-18-14(19)13(12(15)9-16-18)17-10(2)8-11-5-4-7-20-11/h1,4-5,7,9-10,17H,6,8H2,2H3. The summed E-state index contributed by atoms with van der Waals surface area (Å²) in [6, 6.07) is 3.68. The molecular weight excluding hydrogens is 278 g/mol. The molecule has 2 rings (SSSR count). The molecule has 1 N–H and O–H groups in total. The topological polar surface area (TPSA) is 60.1 Å². The lowest BCUT2D eigenvalue weighted by molar-refractivity contribution is 0.497. The number of nitrogens with one attached hydrogen (secondary N) is 1. The van der Waals surface area contributed by atoms with Crippen LogP contribution >= 0.6 is 11.6 Å². The maximum absolute atomic E-state index is 12.2. The zero-order valence-electron chi connectivity index (χ0n) is 11.0. The van der Waals surface area contributed by atoms with Gasteiger partial charge in [0, 0.05) is 12.5 Å². The van der Waals surface area contributed by atoms with Crippen molar-refractivity contribution >= 4 is 17.3 Å². The highest BCUT2D eigenvalue weighted by atomic mass is 35.5. The molecule has 0 fully saturated rings. The molecule has 1 atom stereocenters. The average molecular weight is 292 g/mol. The SMILES string of the molecule is C#CCn1ncc(Cl)c(NC(C)Cc2ccco2)c1=O. The maximum Gasteiger partial charge on any atom is 0.292 e. The van der Waals surface area contributed by atoms with Gasteiger partial charge in [0.1, 0.15) is 18.0 Å². The van der Waals surface area contributed by atoms with Crippen molar-refractivity contribution < 1.29 is 4.42 Å². The van der Waals surface area contributed by atoms with Crippen LogP contribution in [-0.2, 0) is 13.0 Å². The van der Waals surface area contributed by atoms with Crippen molar-refractivity contribution in [3.63, 3.8) is 0 Å². The number of hydrogen-bond donors (Lipinski definition) is 1. The molecule has 0 saturated heterocycles. The Hall–Kier alpha value is -2.19. The second kappa shape index (κ2) is 6.31. The molecular formula is C14H14ClN3O2. The fraction of sp³-hybridized carbons (Fsp3) is 0.286. The smallest absolute Gasteiger partial charge is 0.292 e. The Kier molecular flexibility index (Phi) is 4.49. The monoisotopic (exact) mass is 291 g/mol. The van der Waals surface area contributed by atoms with E-state index in [-0.39, 0.29) is 23.2 Å². The first-order valence-electron chi connectivity index (χ1n) is 6.10. The van der Waals surface area contributed by atoms with E-state index in [0.29, 0.717) is 12.1 Å². The normalized spacial score (nSPS) is 11.8. The zero-order valence-corrected chi connectivity index (χ0v) is 11.7. The molecule has 2 heterocycles. The van der Waals surface area contributed by atoms with E-state index in [2.05, 4.69) is 16.3 Å². The molecule has 0 saturated carbocycles. The van der Waals surface area contributed by atoms with E-state index in [1.807, 2.05) is 19.1 Å². The first-order chi connectivity index (χ1) is 9.61. The van der Waals surface area contributed by atoms with Crippen molar-refractivity contribution in [2.45, 2.75) is 25.9 Å². The van der Waals surface area contributed by atoms with Crippen LogP contribution in [0.2, 0.25) is 5.02 Å². The van der Waals surface area contributed by atoms with Crippen molar-refractivity contribution in [2.24, 2.45) is 0 Å². The summed E-state index contributed by atoms with van der Waals surface area (Å²) in [5.74, 6) is 3.21. The zero-order chi connectivity index (χ0) is 14.5. The van der Waals surface area contributed by atoms with Gasteiger partial charge in [-0.1, -0.05) is 17.5 Å². The predicted octanol–water partition coefficient (Wildman–Crippen LogP) is 2.17. The molecule has 0 spiro atoms. The molecule has 5 nitrogen and oxygen atoms in total. The van der Waals surface area contributed by atoms with Crippen LogP contribution in [0.5, 0.6) is 0 Å². The van der Waals surface area contributed by atoms with Crippen molar-refractivity contribution in [1.29, 1.82) is 0 Å². The Morgan fingerprint density at radius 1 is 1.65 bits per heavy atom. The van der Waals surface area contributed by atoms with Gasteiger partial charge in [-0.3, -0.25) is 4.79 Å². The van der Waals surface area contributed by atoms with Crippen LogP contribution in [0.1, 0.15) is 12.7 Å². The van der Waals surface area contributed by atoms with Gasteiger partial charge in [-0.25, -0.2) is 4.68 Å². The molecule has 0 aromatic carbocycles. The van der Waals surface area contributed by atoms with Gasteiger partial charge in [-0.15, -0.1) is 6.42 Å². The Morgan fingerprint density at radius 3 is 3.10 bits per heavy atom. The van der Waals surface area contributed by atoms with Crippen molar-refractivity contribution in [3.05, 3.63) is 45.7 Å². The van der Waals surface area contributed by atoms with Gasteiger partial charge in [0.2, 0.25) is 0 Å². The highest BCUT2D eigenvalue weighted by Gasteiger charge is 2.13. The molecule has 0 amide bonds. The summed E-state index contributed by atoms with van der Waals surface area (Å²) in [6.07, 6.45) is 8.85. The summed E-state index contributed by atoms with van der Waals surface area (Å²) in [5.41, 5.74) is -0.0299. The molecule has 0 aliphatic heterocycles. The van der Waals surface area contributed by atoms with Gasteiger partial charge in [0.05, 0.1) is 17.5 Å². The second-order valence-corrected chi connectivity index (χ2v) is 4.77. The van der Waals surface area contributed by atoms with Crippen LogP contribution in [0.4, 0.5) is 5.69 Å². The molecule has 0 aliphatic carbocycles. The predicted molar refractivity (Wildman–Crippen MR) is 77.8 cm³/mol. The summed E-state index contributed by atoms with van der Waals surface area (Å²) in [7, 11) is 0. The second-order valence-electron chi connectivity index (χ2n) is 4.36. The molecule has 1 unspecified atom stereocenters. The minimum absolute atomic E-state index is 0.0203. The first kappa shape index (κ1) is 14.2. The molecule has 0 radical (unpaired) electrons. The van der Waals surface area contributed by atoms with Crippen molar-refractivity contribution in [1.82, 2.24) is 9.78 Å². The Labute approximate surface area is 121 Å². The Bertz CT molecular complexity index is 671. The van der Waals surface area contributed by atoms with Crippen LogP contribution < -0.4 is 10.9 Å². The lowest BCUT2D eigenvalue weighted by atomic mass is 10.2. The molecule has 2 aromatic rings. The lowest BCUT2D eigenvalue weighted by Crippen LogP contribution is -2.29. The number of aromatic nitrogens is 2. The quantitative estimate of drug-likeness (QED) is 0.858. The summed E-state index contributed by atoms with van der Waals surface area (Å²) < 4.78 is 6.46. The van der Waals surface area contributed by atoms with E-state index in [9.17, 15) is 4.79 Å². The lowest BCUT2D eigenvalue weighted by Gasteiger charge is -2.15. The van der Waals surface area contributed by atoms with E-state index in [1.54, 1.807) is 6.26 Å². The Balaban J connectivity index is 2.18. The molecule has 104 valence electrons. The molecule has 0 bridgehead atoms. The fourth-order valence-electron chi connectivity index (χ4n) is 1.83. The molecule has 2 aromatic heterocycles. The van der Waals surface area contributed by atoms with E-state index >= 15 is 0 Å². The van der Waals surface area contributed by atoms with E-state index in [4.69, 9.17) is 22.4 Å². The molecule has 6 heteroatoms. The number of anilines is 1. The molecule has 0 aliphatic rings. The number of hydrogen-bond acceptors (Lipinski definition) is 4. The Morgan fingerprint density at radius 2 is 2.45 bits per heavy atom. The van der Waals surface area contributed by atoms with Crippen molar-refractivity contribution in [3.8, 4) is 12.3 Å². The van der Waals surface area contributed by atoms with E-state index < -0.39 is 0 Å². The van der Waals surface area contributed by atoms with Crippen LogP contribution in [-0.4, -0.2) is 15.8 Å². The van der Waals surface area contributed by atoms with E-state index in [1.165, 1.54) is 10.9 Å². The van der Waals surface area contributed by atoms with E-state index in [0.717, 1.165) is 5.76 Å². The van der Waals surface area contributed by atoms with Crippen LogP contribution in [0.25, 0.3) is 0 Å². The number of nitrogens with zero attached hydrogens (tertiary/aromatic N) is 2. The third-order valence-electron chi connectivity index (χ3n) is 2.72. The van der Waals surface area contributed by atoms with Crippen LogP contribution in [0, 0.1) is 12.3 Å². The third-order valence-corrected chi connectivity index (χ3v) is 3.00. The van der Waals surface area contributed by atoms with Crippen molar-refractivity contribution in [2.75, 3.05) is 5.32 Å². The number of rotatable bonds is 5. The minimum atomic E-state index is -0.332. The van der Waals surface area contributed by atoms with Gasteiger partial charge < -0.3 is 9.73 Å². The van der Waals surface area contributed by atoms with Gasteiger partial charge in [0.25, 0.3) is 5.56 Å². The molecule has 20 heavy (non-hydrogen) atoms. The van der Waals surface area contributed by atoms with Gasteiger partial charge in [0.15, 0.2) is 0 Å². The number of furan rings is 1. The highest BCUT2D eigenvalue weighted by molar-refractivity contribution is 6.33. The van der Waals surface area contributed by atoms with Gasteiger partial charge >= 0.3 is 0 Å². The summed E-state index contributed by atoms with van der Waals surface area (Å²) in [5, 5.41) is 7.24. The maximum atomic E-state index is 12.2. The fourth-order valence-corrected chi connectivity index (χ4v) is 2.01. The first-order valence-corrected chi connectivity index (χ1v) is 6.47. The summed E-state index contributed by atoms with van der Waals surface area (Å²) in [4.78, 5) is 12.2. The third kappa shape index (κ3) is 3.22. The largest absolute Gasteiger partial charge is 0.469 e. The number of halogens is 1. The minimum Gasteiger partial charge on any atom is -0.469 e. The van der Waals surface area contributed by atoms with Gasteiger partial charge in [-0.05, 0) is 19.1 Å².